The van der Waals surface area contributed by atoms with Gasteiger partial charge in [0, 0.05) is 36.1 Å². The summed E-state index contributed by atoms with van der Waals surface area (Å²) in [6.45, 7) is 4.46. The largest absolute Gasteiger partial charge is 0.380 e. The van der Waals surface area contributed by atoms with Crippen LogP contribution >= 0.6 is 11.8 Å². The fourth-order valence-corrected chi connectivity index (χ4v) is 2.69. The number of nitriles is 1. The molecule has 1 heterocycles. The van der Waals surface area contributed by atoms with Crippen molar-refractivity contribution in [3.8, 4) is 6.07 Å². The van der Waals surface area contributed by atoms with Crippen LogP contribution in [0.2, 0.25) is 0 Å². The van der Waals surface area contributed by atoms with E-state index < -0.39 is 0 Å². The summed E-state index contributed by atoms with van der Waals surface area (Å²) in [5.74, 6) is 0.891. The molecule has 0 amide bonds. The summed E-state index contributed by atoms with van der Waals surface area (Å²) in [4.78, 5) is 1.21. The first-order valence-electron chi connectivity index (χ1n) is 6.36. The van der Waals surface area contributed by atoms with Crippen molar-refractivity contribution in [2.45, 2.75) is 11.4 Å². The number of nitrogens with zero attached hydrogens (tertiary/aromatic N) is 2. The molecule has 2 aromatic rings. The smallest absolute Gasteiger partial charge is 0.120 e. The molecule has 0 aliphatic heterocycles. The first-order chi connectivity index (χ1) is 9.74. The predicted molar refractivity (Wildman–Crippen MR) is 84.8 cm³/mol. The Morgan fingerprint density at radius 3 is 2.95 bits per heavy atom. The van der Waals surface area contributed by atoms with Crippen LogP contribution in [0.5, 0.6) is 0 Å². The van der Waals surface area contributed by atoms with Gasteiger partial charge in [0.1, 0.15) is 11.8 Å². The van der Waals surface area contributed by atoms with E-state index >= 15 is 0 Å². The van der Waals surface area contributed by atoms with E-state index in [4.69, 9.17) is 5.26 Å². The van der Waals surface area contributed by atoms with Crippen molar-refractivity contribution < 1.29 is 0 Å². The lowest BCUT2D eigenvalue weighted by Crippen LogP contribution is -1.99. The molecule has 1 aromatic carbocycles. The minimum atomic E-state index is 0.677. The Bertz CT molecular complexity index is 637. The van der Waals surface area contributed by atoms with Gasteiger partial charge >= 0.3 is 0 Å². The number of anilines is 1. The molecular weight excluding hydrogens is 266 g/mol. The first kappa shape index (κ1) is 14.3. The highest BCUT2D eigenvalue weighted by molar-refractivity contribution is 7.99. The van der Waals surface area contributed by atoms with Gasteiger partial charge in [0.25, 0.3) is 0 Å². The maximum atomic E-state index is 8.95. The van der Waals surface area contributed by atoms with Crippen molar-refractivity contribution in [2.24, 2.45) is 7.05 Å². The van der Waals surface area contributed by atoms with E-state index in [9.17, 15) is 0 Å². The van der Waals surface area contributed by atoms with Gasteiger partial charge in [-0.05, 0) is 23.8 Å². The lowest BCUT2D eigenvalue weighted by Gasteiger charge is -2.10. The van der Waals surface area contributed by atoms with Crippen LogP contribution in [-0.2, 0) is 13.6 Å². The number of thioether (sulfide) groups is 1. The molecule has 0 unspecified atom stereocenters. The van der Waals surface area contributed by atoms with Gasteiger partial charge in [0.05, 0.1) is 0 Å². The summed E-state index contributed by atoms with van der Waals surface area (Å²) in [5, 5.41) is 12.4. The zero-order valence-electron chi connectivity index (χ0n) is 11.5. The first-order valence-corrected chi connectivity index (χ1v) is 7.35. The summed E-state index contributed by atoms with van der Waals surface area (Å²) in [5.41, 5.74) is 2.89. The number of benzene rings is 1. The third-order valence-corrected chi connectivity index (χ3v) is 3.97. The van der Waals surface area contributed by atoms with Crippen LogP contribution in [0.1, 0.15) is 11.3 Å². The molecule has 0 saturated heterocycles. The molecule has 0 aliphatic carbocycles. The Labute approximate surface area is 123 Å². The Balaban J connectivity index is 2.06. The van der Waals surface area contributed by atoms with Crippen LogP contribution in [0.4, 0.5) is 5.69 Å². The number of nitrogens with one attached hydrogen (secondary N) is 1. The molecule has 102 valence electrons. The quantitative estimate of drug-likeness (QED) is 0.648. The van der Waals surface area contributed by atoms with Crippen LogP contribution in [0.25, 0.3) is 0 Å². The second-order valence-corrected chi connectivity index (χ2v) is 5.47. The maximum Gasteiger partial charge on any atom is 0.120 e. The predicted octanol–water partition coefficient (Wildman–Crippen LogP) is 3.79. The van der Waals surface area contributed by atoms with Gasteiger partial charge < -0.3 is 9.88 Å². The maximum absolute atomic E-state index is 8.95. The van der Waals surface area contributed by atoms with Gasteiger partial charge in [-0.2, -0.15) is 5.26 Å². The standard InChI is InChI=1S/C16H17N3S/c1-3-8-20-16-7-5-4-6-15(16)18-11-13-9-14(10-17)19(2)12-13/h3-7,9,12,18H,1,8,11H2,2H3. The topological polar surface area (TPSA) is 40.8 Å². The zero-order chi connectivity index (χ0) is 14.4. The summed E-state index contributed by atoms with van der Waals surface area (Å²) in [6.07, 6.45) is 3.88. The number of aryl methyl sites for hydroxylation is 1. The third kappa shape index (κ3) is 3.46. The monoisotopic (exact) mass is 283 g/mol. The molecule has 20 heavy (non-hydrogen) atoms. The molecule has 0 atom stereocenters. The van der Waals surface area contributed by atoms with Crippen LogP contribution in [0, 0.1) is 11.3 Å². The highest BCUT2D eigenvalue weighted by atomic mass is 32.2. The lowest BCUT2D eigenvalue weighted by molar-refractivity contribution is 0.902. The fourth-order valence-electron chi connectivity index (χ4n) is 1.93. The molecule has 0 aliphatic rings. The van der Waals surface area contributed by atoms with E-state index in [0.717, 1.165) is 17.0 Å². The van der Waals surface area contributed by atoms with Gasteiger partial charge in [0.2, 0.25) is 0 Å². The van der Waals surface area contributed by atoms with Crippen LogP contribution in [0.15, 0.2) is 54.1 Å². The SMILES string of the molecule is C=CCSc1ccccc1NCc1cc(C#N)n(C)c1. The van der Waals surface area contributed by atoms with Crippen molar-refractivity contribution in [2.75, 3.05) is 11.1 Å². The molecule has 2 rings (SSSR count). The summed E-state index contributed by atoms with van der Waals surface area (Å²) in [6, 6.07) is 12.3. The van der Waals surface area contributed by atoms with Gasteiger partial charge in [-0.1, -0.05) is 18.2 Å². The van der Waals surface area contributed by atoms with Gasteiger partial charge in [-0.25, -0.2) is 0 Å². The Hall–Kier alpha value is -2.12. The molecule has 1 aromatic heterocycles. The molecule has 0 fully saturated rings. The minimum Gasteiger partial charge on any atom is -0.380 e. The lowest BCUT2D eigenvalue weighted by atomic mass is 10.3. The van der Waals surface area contributed by atoms with Crippen LogP contribution in [-0.4, -0.2) is 10.3 Å². The second kappa shape index (κ2) is 6.88. The van der Waals surface area contributed by atoms with Crippen molar-refractivity contribution in [1.82, 2.24) is 4.57 Å². The fraction of sp³-hybridized carbons (Fsp3) is 0.188. The number of hydrogen-bond donors (Lipinski definition) is 1. The molecule has 0 radical (unpaired) electrons. The van der Waals surface area contributed by atoms with E-state index in [0.29, 0.717) is 12.2 Å². The molecular formula is C16H17N3S. The number of hydrogen-bond acceptors (Lipinski definition) is 3. The van der Waals surface area contributed by atoms with E-state index in [2.05, 4.69) is 30.1 Å². The normalized spacial score (nSPS) is 10.0. The van der Waals surface area contributed by atoms with E-state index in [-0.39, 0.29) is 0 Å². The van der Waals surface area contributed by atoms with E-state index in [1.807, 2.05) is 42.1 Å². The Morgan fingerprint density at radius 1 is 1.45 bits per heavy atom. The Morgan fingerprint density at radius 2 is 2.25 bits per heavy atom. The van der Waals surface area contributed by atoms with E-state index in [1.54, 1.807) is 11.8 Å². The van der Waals surface area contributed by atoms with Gasteiger partial charge in [-0.3, -0.25) is 0 Å². The highest BCUT2D eigenvalue weighted by Crippen LogP contribution is 2.27. The van der Waals surface area contributed by atoms with Crippen LogP contribution in [0.3, 0.4) is 0 Å². The number of aromatic nitrogens is 1. The molecule has 0 spiro atoms. The number of rotatable bonds is 6. The molecule has 0 saturated carbocycles. The average molecular weight is 283 g/mol. The number of para-hydroxylation sites is 1. The summed E-state index contributed by atoms with van der Waals surface area (Å²) >= 11 is 1.76. The van der Waals surface area contributed by atoms with Crippen molar-refractivity contribution in [1.29, 1.82) is 5.26 Å². The zero-order valence-corrected chi connectivity index (χ0v) is 12.3. The molecule has 4 heteroatoms. The average Bonchev–Trinajstić information content (AvgIpc) is 2.84. The highest BCUT2D eigenvalue weighted by Gasteiger charge is 2.04. The molecule has 3 nitrogen and oxygen atoms in total. The van der Waals surface area contributed by atoms with Gasteiger partial charge in [-0.15, -0.1) is 18.3 Å². The Kier molecular flexibility index (Phi) is 4.91. The van der Waals surface area contributed by atoms with E-state index in [1.165, 1.54) is 4.90 Å². The summed E-state index contributed by atoms with van der Waals surface area (Å²) in [7, 11) is 1.88. The summed E-state index contributed by atoms with van der Waals surface area (Å²) < 4.78 is 1.84. The van der Waals surface area contributed by atoms with Gasteiger partial charge in [0.15, 0.2) is 0 Å². The molecule has 1 N–H and O–H groups in total. The van der Waals surface area contributed by atoms with Crippen molar-refractivity contribution >= 4 is 17.4 Å². The molecule has 0 bridgehead atoms. The van der Waals surface area contributed by atoms with Crippen molar-refractivity contribution in [3.05, 3.63) is 60.4 Å². The van der Waals surface area contributed by atoms with Crippen LogP contribution < -0.4 is 5.32 Å². The second-order valence-electron chi connectivity index (χ2n) is 4.41. The third-order valence-electron chi connectivity index (χ3n) is 2.90. The van der Waals surface area contributed by atoms with Crippen molar-refractivity contribution in [3.63, 3.8) is 0 Å². The minimum absolute atomic E-state index is 0.677.